The maximum atomic E-state index is 12.2. The molecular weight excluding hydrogens is 316 g/mol. The van der Waals surface area contributed by atoms with Gasteiger partial charge in [0, 0.05) is 23.9 Å². The van der Waals surface area contributed by atoms with E-state index in [9.17, 15) is 14.4 Å². The maximum absolute atomic E-state index is 12.2. The zero-order valence-electron chi connectivity index (χ0n) is 13.3. The van der Waals surface area contributed by atoms with Crippen LogP contribution in [0.4, 0.5) is 0 Å². The number of thioether (sulfide) groups is 1. The standard InChI is InChI=1S/C16H22N2O4S/c1-11(2)18-14(19)10-23-13-7-4-3-6-12(13)16(22)17-9-5-8-15(20)21/h3-4,6-7,11H,5,8-10H2,1-2H3,(H,17,22)(H,18,19)(H,20,21). The van der Waals surface area contributed by atoms with Gasteiger partial charge < -0.3 is 15.7 Å². The third-order valence-corrected chi connectivity index (χ3v) is 3.87. The second-order valence-electron chi connectivity index (χ2n) is 5.26. The first-order valence-corrected chi connectivity index (χ1v) is 8.40. The van der Waals surface area contributed by atoms with Gasteiger partial charge in [0.2, 0.25) is 5.91 Å². The number of carbonyl (C=O) groups is 3. The number of rotatable bonds is 9. The minimum absolute atomic E-state index is 0.0199. The summed E-state index contributed by atoms with van der Waals surface area (Å²) in [6.07, 6.45) is 0.402. The van der Waals surface area contributed by atoms with Crippen molar-refractivity contribution in [2.24, 2.45) is 0 Å². The number of benzene rings is 1. The number of aliphatic carboxylic acids is 1. The van der Waals surface area contributed by atoms with Crippen molar-refractivity contribution in [1.29, 1.82) is 0 Å². The molecule has 0 aliphatic heterocycles. The van der Waals surface area contributed by atoms with E-state index in [4.69, 9.17) is 5.11 Å². The number of hydrogen-bond donors (Lipinski definition) is 3. The van der Waals surface area contributed by atoms with Crippen molar-refractivity contribution in [3.63, 3.8) is 0 Å². The normalized spacial score (nSPS) is 10.4. The molecule has 3 N–H and O–H groups in total. The molecule has 0 radical (unpaired) electrons. The van der Waals surface area contributed by atoms with Gasteiger partial charge in [-0.15, -0.1) is 11.8 Å². The fourth-order valence-corrected chi connectivity index (χ4v) is 2.68. The highest BCUT2D eigenvalue weighted by molar-refractivity contribution is 8.00. The first-order chi connectivity index (χ1) is 10.9. The molecule has 1 aromatic carbocycles. The van der Waals surface area contributed by atoms with Crippen molar-refractivity contribution in [1.82, 2.24) is 10.6 Å². The molecule has 1 aromatic rings. The highest BCUT2D eigenvalue weighted by Crippen LogP contribution is 2.22. The van der Waals surface area contributed by atoms with Gasteiger partial charge in [0.25, 0.3) is 5.91 Å². The van der Waals surface area contributed by atoms with Crippen LogP contribution in [0, 0.1) is 0 Å². The molecule has 2 amide bonds. The lowest BCUT2D eigenvalue weighted by atomic mass is 10.2. The Hall–Kier alpha value is -2.02. The molecular formula is C16H22N2O4S. The fourth-order valence-electron chi connectivity index (χ4n) is 1.82. The number of carboxylic acid groups (broad SMARTS) is 1. The predicted molar refractivity (Wildman–Crippen MR) is 89.6 cm³/mol. The van der Waals surface area contributed by atoms with Crippen LogP contribution in [0.1, 0.15) is 37.0 Å². The Morgan fingerprint density at radius 2 is 1.91 bits per heavy atom. The fraction of sp³-hybridized carbons (Fsp3) is 0.438. The van der Waals surface area contributed by atoms with Crippen LogP contribution in [0.2, 0.25) is 0 Å². The van der Waals surface area contributed by atoms with Crippen LogP contribution in [0.25, 0.3) is 0 Å². The van der Waals surface area contributed by atoms with E-state index in [1.54, 1.807) is 18.2 Å². The van der Waals surface area contributed by atoms with Crippen molar-refractivity contribution in [3.05, 3.63) is 29.8 Å². The average Bonchev–Trinajstić information content (AvgIpc) is 2.48. The average molecular weight is 338 g/mol. The maximum Gasteiger partial charge on any atom is 0.303 e. The third kappa shape index (κ3) is 7.69. The van der Waals surface area contributed by atoms with Gasteiger partial charge in [0.15, 0.2) is 0 Å². The molecule has 7 heteroatoms. The summed E-state index contributed by atoms with van der Waals surface area (Å²) >= 11 is 1.30. The highest BCUT2D eigenvalue weighted by Gasteiger charge is 2.12. The van der Waals surface area contributed by atoms with E-state index in [-0.39, 0.29) is 30.0 Å². The molecule has 126 valence electrons. The SMILES string of the molecule is CC(C)NC(=O)CSc1ccccc1C(=O)NCCCC(=O)O. The second-order valence-corrected chi connectivity index (χ2v) is 6.28. The summed E-state index contributed by atoms with van der Waals surface area (Å²) in [6.45, 7) is 4.08. The first kappa shape index (κ1) is 19.0. The van der Waals surface area contributed by atoms with Crippen LogP contribution < -0.4 is 10.6 Å². The minimum Gasteiger partial charge on any atom is -0.481 e. The second kappa shape index (κ2) is 9.89. The van der Waals surface area contributed by atoms with Crippen molar-refractivity contribution < 1.29 is 19.5 Å². The van der Waals surface area contributed by atoms with Gasteiger partial charge in [0.05, 0.1) is 11.3 Å². The number of hydrogen-bond acceptors (Lipinski definition) is 4. The van der Waals surface area contributed by atoms with E-state index in [0.29, 0.717) is 18.5 Å². The lowest BCUT2D eigenvalue weighted by Gasteiger charge is -2.11. The summed E-state index contributed by atoms with van der Waals surface area (Å²) in [5, 5.41) is 14.1. The van der Waals surface area contributed by atoms with Gasteiger partial charge in [0.1, 0.15) is 0 Å². The molecule has 23 heavy (non-hydrogen) atoms. The monoisotopic (exact) mass is 338 g/mol. The molecule has 0 aliphatic rings. The van der Waals surface area contributed by atoms with Gasteiger partial charge >= 0.3 is 5.97 Å². The van der Waals surface area contributed by atoms with Crippen molar-refractivity contribution in [3.8, 4) is 0 Å². The summed E-state index contributed by atoms with van der Waals surface area (Å²) in [5.41, 5.74) is 0.491. The largest absolute Gasteiger partial charge is 0.481 e. The Morgan fingerprint density at radius 1 is 1.22 bits per heavy atom. The quantitative estimate of drug-likeness (QED) is 0.472. The molecule has 0 spiro atoms. The summed E-state index contributed by atoms with van der Waals surface area (Å²) in [6, 6.07) is 7.12. The molecule has 0 aliphatic carbocycles. The molecule has 0 atom stereocenters. The number of amides is 2. The molecule has 1 rings (SSSR count). The van der Waals surface area contributed by atoms with Crippen LogP contribution in [0.5, 0.6) is 0 Å². The van der Waals surface area contributed by atoms with E-state index in [0.717, 1.165) is 4.90 Å². The number of carboxylic acids is 1. The zero-order chi connectivity index (χ0) is 17.2. The van der Waals surface area contributed by atoms with E-state index in [1.807, 2.05) is 19.9 Å². The van der Waals surface area contributed by atoms with Crippen LogP contribution in [0.15, 0.2) is 29.2 Å². The smallest absolute Gasteiger partial charge is 0.303 e. The zero-order valence-corrected chi connectivity index (χ0v) is 14.1. The molecule has 0 saturated carbocycles. The Kier molecular flexibility index (Phi) is 8.18. The van der Waals surface area contributed by atoms with Crippen LogP contribution >= 0.6 is 11.8 Å². The topological polar surface area (TPSA) is 95.5 Å². The highest BCUT2D eigenvalue weighted by atomic mass is 32.2. The van der Waals surface area contributed by atoms with Gasteiger partial charge in [-0.1, -0.05) is 12.1 Å². The molecule has 0 heterocycles. The van der Waals surface area contributed by atoms with Crippen LogP contribution in [0.3, 0.4) is 0 Å². The molecule has 0 saturated heterocycles. The first-order valence-electron chi connectivity index (χ1n) is 7.41. The third-order valence-electron chi connectivity index (χ3n) is 2.79. The van der Waals surface area contributed by atoms with Gasteiger partial charge in [-0.3, -0.25) is 14.4 Å². The summed E-state index contributed by atoms with van der Waals surface area (Å²) in [5.74, 6) is -0.989. The summed E-state index contributed by atoms with van der Waals surface area (Å²) in [7, 11) is 0. The van der Waals surface area contributed by atoms with Crippen molar-refractivity contribution >= 4 is 29.5 Å². The van der Waals surface area contributed by atoms with E-state index in [1.165, 1.54) is 11.8 Å². The van der Waals surface area contributed by atoms with Crippen LogP contribution in [-0.4, -0.2) is 41.2 Å². The van der Waals surface area contributed by atoms with Crippen molar-refractivity contribution in [2.75, 3.05) is 12.3 Å². The van der Waals surface area contributed by atoms with Gasteiger partial charge in [-0.05, 0) is 32.4 Å². The molecule has 0 fully saturated rings. The molecule has 0 aromatic heterocycles. The minimum atomic E-state index is -0.883. The number of carbonyl (C=O) groups excluding carboxylic acids is 2. The van der Waals surface area contributed by atoms with Crippen molar-refractivity contribution in [2.45, 2.75) is 37.6 Å². The van der Waals surface area contributed by atoms with Gasteiger partial charge in [-0.25, -0.2) is 0 Å². The Balaban J connectivity index is 2.57. The lowest BCUT2D eigenvalue weighted by molar-refractivity contribution is -0.137. The summed E-state index contributed by atoms with van der Waals surface area (Å²) < 4.78 is 0. The van der Waals surface area contributed by atoms with Crippen LogP contribution in [-0.2, 0) is 9.59 Å². The van der Waals surface area contributed by atoms with Gasteiger partial charge in [-0.2, -0.15) is 0 Å². The Labute approximate surface area is 140 Å². The van der Waals surface area contributed by atoms with E-state index in [2.05, 4.69) is 10.6 Å². The Bertz CT molecular complexity index is 561. The molecule has 0 bridgehead atoms. The summed E-state index contributed by atoms with van der Waals surface area (Å²) in [4.78, 5) is 35.0. The molecule has 6 nitrogen and oxygen atoms in total. The molecule has 0 unspecified atom stereocenters. The Morgan fingerprint density at radius 3 is 2.57 bits per heavy atom. The predicted octanol–water partition coefficient (Wildman–Crippen LogP) is 1.90. The van der Waals surface area contributed by atoms with E-state index >= 15 is 0 Å². The lowest BCUT2D eigenvalue weighted by Crippen LogP contribution is -2.31. The van der Waals surface area contributed by atoms with E-state index < -0.39 is 5.97 Å². The number of nitrogens with one attached hydrogen (secondary N) is 2.